The van der Waals surface area contributed by atoms with Crippen LogP contribution in [0, 0.1) is 11.2 Å². The first-order valence-corrected chi connectivity index (χ1v) is 6.01. The highest BCUT2D eigenvalue weighted by Crippen LogP contribution is 2.22. The lowest BCUT2D eigenvalue weighted by Crippen LogP contribution is -2.46. The van der Waals surface area contributed by atoms with E-state index in [9.17, 15) is 4.39 Å². The highest BCUT2D eigenvalue weighted by atomic mass is 19.1. The van der Waals surface area contributed by atoms with Crippen LogP contribution in [0.4, 0.5) is 10.1 Å². The molecule has 2 rings (SSSR count). The minimum atomic E-state index is -0.497. The van der Waals surface area contributed by atoms with E-state index < -0.39 is 12.9 Å². The maximum atomic E-state index is 13.1. The second-order valence-electron chi connectivity index (χ2n) is 5.00. The second-order valence-corrected chi connectivity index (χ2v) is 5.00. The molecule has 0 N–H and O–H groups in total. The lowest BCUT2D eigenvalue weighted by molar-refractivity contribution is -0.0751. The average Bonchev–Trinajstić information content (AvgIpc) is 2.38. The number of rotatable bonds is 3. The molecule has 0 spiro atoms. The molecule has 0 atom stereocenters. The molecule has 0 amide bonds. The summed E-state index contributed by atoms with van der Waals surface area (Å²) < 4.78 is 29.6. The fourth-order valence-corrected chi connectivity index (χ4v) is 1.72. The van der Waals surface area contributed by atoms with Crippen LogP contribution in [-0.2, 0) is 20.7 Å². The predicted molar refractivity (Wildman–Crippen MR) is 67.7 cm³/mol. The minimum absolute atomic E-state index is 0.0889. The molecule has 0 radical (unpaired) electrons. The molecule has 1 fully saturated rings. The zero-order valence-electron chi connectivity index (χ0n) is 10.9. The molecule has 1 aromatic carbocycles. The Kier molecular flexibility index (Phi) is 4.15. The van der Waals surface area contributed by atoms with Crippen molar-refractivity contribution < 1.29 is 18.4 Å². The van der Waals surface area contributed by atoms with Gasteiger partial charge in [-0.1, -0.05) is 0 Å². The van der Waals surface area contributed by atoms with Gasteiger partial charge in [0, 0.05) is 6.07 Å². The van der Waals surface area contributed by atoms with Crippen molar-refractivity contribution in [3.05, 3.63) is 34.6 Å². The van der Waals surface area contributed by atoms with Crippen LogP contribution >= 0.6 is 0 Å². The maximum absolute atomic E-state index is 13.1. The molecule has 0 bridgehead atoms. The van der Waals surface area contributed by atoms with E-state index >= 15 is 0 Å². The Balaban J connectivity index is 1.93. The summed E-state index contributed by atoms with van der Waals surface area (Å²) in [6.07, 6.45) is 0. The molecule has 1 aliphatic rings. The van der Waals surface area contributed by atoms with Crippen molar-refractivity contribution in [2.45, 2.75) is 26.1 Å². The Labute approximate surface area is 111 Å². The largest absolute Gasteiger partial charge is 0.484 e. The van der Waals surface area contributed by atoms with Crippen molar-refractivity contribution in [1.29, 1.82) is 5.39 Å². The molecular formula is C12H15BFN2O3+. The van der Waals surface area contributed by atoms with Gasteiger partial charge in [0.05, 0.1) is 30.9 Å². The number of benzene rings is 1. The van der Waals surface area contributed by atoms with E-state index in [2.05, 4.69) is 4.98 Å². The summed E-state index contributed by atoms with van der Waals surface area (Å²) in [5, 5.41) is 8.81. The van der Waals surface area contributed by atoms with Crippen LogP contribution in [0.1, 0.15) is 19.4 Å². The van der Waals surface area contributed by atoms with Gasteiger partial charge in [-0.15, -0.1) is 0 Å². The summed E-state index contributed by atoms with van der Waals surface area (Å²) in [5.74, 6) is -0.409. The Morgan fingerprint density at radius 3 is 2.95 bits per heavy atom. The topological polar surface area (TPSA) is 55.8 Å². The van der Waals surface area contributed by atoms with Gasteiger partial charge in [-0.05, 0) is 26.0 Å². The monoisotopic (exact) mass is 265 g/mol. The van der Waals surface area contributed by atoms with E-state index in [1.54, 1.807) is 0 Å². The molecule has 1 saturated heterocycles. The van der Waals surface area contributed by atoms with Crippen LogP contribution in [0.3, 0.4) is 0 Å². The van der Waals surface area contributed by atoms with Gasteiger partial charge in [-0.2, -0.15) is 0 Å². The van der Waals surface area contributed by atoms with Crippen molar-refractivity contribution in [3.63, 3.8) is 0 Å². The molecule has 1 aromatic rings. The third kappa shape index (κ3) is 3.74. The van der Waals surface area contributed by atoms with Crippen LogP contribution in [-0.4, -0.2) is 25.8 Å². The predicted octanol–water partition coefficient (Wildman–Crippen LogP) is 2.68. The number of ether oxygens (including phenoxy) is 1. The van der Waals surface area contributed by atoms with Gasteiger partial charge in [0.25, 0.3) is 0 Å². The summed E-state index contributed by atoms with van der Waals surface area (Å²) in [4.78, 5) is 3.08. The molecular weight excluding hydrogens is 250 g/mol. The fourth-order valence-electron chi connectivity index (χ4n) is 1.72. The quantitative estimate of drug-likeness (QED) is 0.622. The number of halogens is 1. The van der Waals surface area contributed by atoms with E-state index in [0.717, 1.165) is 0 Å². The normalized spacial score (nSPS) is 18.1. The zero-order chi connectivity index (χ0) is 13.9. The minimum Gasteiger partial charge on any atom is -0.407 e. The summed E-state index contributed by atoms with van der Waals surface area (Å²) in [6.45, 7) is 4.69. The van der Waals surface area contributed by atoms with E-state index in [1.165, 1.54) is 18.2 Å². The third-order valence-electron chi connectivity index (χ3n) is 2.80. The van der Waals surface area contributed by atoms with E-state index in [1.807, 2.05) is 13.8 Å². The van der Waals surface area contributed by atoms with Crippen molar-refractivity contribution in [2.24, 2.45) is 0 Å². The standard InChI is InChI=1S/C12H15BFN2O3/c1-12(2)7-19-13(8-17-12)18-6-9-5-10(14)3-4-11(9)16-15/h3-5H,6-8H2,1-2H3/q+1. The van der Waals surface area contributed by atoms with E-state index in [4.69, 9.17) is 19.4 Å². The van der Waals surface area contributed by atoms with Crippen LogP contribution in [0.2, 0.25) is 0 Å². The van der Waals surface area contributed by atoms with Crippen molar-refractivity contribution in [2.75, 3.05) is 13.1 Å². The molecule has 1 heterocycles. The van der Waals surface area contributed by atoms with Crippen molar-refractivity contribution in [3.8, 4) is 0 Å². The molecule has 19 heavy (non-hydrogen) atoms. The van der Waals surface area contributed by atoms with Gasteiger partial charge in [-0.3, -0.25) is 0 Å². The van der Waals surface area contributed by atoms with E-state index in [0.29, 0.717) is 18.7 Å². The van der Waals surface area contributed by atoms with Crippen LogP contribution < -0.4 is 0 Å². The first kappa shape index (κ1) is 13.9. The number of hydrogen-bond donors (Lipinski definition) is 0. The molecule has 0 unspecified atom stereocenters. The summed E-state index contributed by atoms with van der Waals surface area (Å²) >= 11 is 0. The van der Waals surface area contributed by atoms with E-state index in [-0.39, 0.29) is 17.9 Å². The Hall–Kier alpha value is -1.49. The highest BCUT2D eigenvalue weighted by Gasteiger charge is 2.33. The smallest absolute Gasteiger partial charge is 0.407 e. The van der Waals surface area contributed by atoms with Gasteiger partial charge in [0.15, 0.2) is 4.98 Å². The molecule has 7 heteroatoms. The van der Waals surface area contributed by atoms with Gasteiger partial charge >= 0.3 is 12.8 Å². The first-order valence-electron chi connectivity index (χ1n) is 6.01. The van der Waals surface area contributed by atoms with Gasteiger partial charge in [0.1, 0.15) is 5.82 Å². The average molecular weight is 265 g/mol. The number of nitrogens with zero attached hydrogens (tertiary/aromatic N) is 2. The molecule has 0 aliphatic carbocycles. The Morgan fingerprint density at radius 1 is 1.53 bits per heavy atom. The number of hydrogen-bond acceptors (Lipinski definition) is 4. The Morgan fingerprint density at radius 2 is 2.32 bits per heavy atom. The first-order chi connectivity index (χ1) is 9.00. The van der Waals surface area contributed by atoms with Gasteiger partial charge in [0.2, 0.25) is 5.39 Å². The van der Waals surface area contributed by atoms with Gasteiger partial charge < -0.3 is 14.0 Å². The summed E-state index contributed by atoms with van der Waals surface area (Å²) in [5.41, 5.74) is 0.416. The molecule has 100 valence electrons. The van der Waals surface area contributed by atoms with Crippen LogP contribution in [0.15, 0.2) is 18.2 Å². The summed E-state index contributed by atoms with van der Waals surface area (Å²) in [6, 6.07) is 3.87. The van der Waals surface area contributed by atoms with Crippen molar-refractivity contribution >= 4 is 12.8 Å². The zero-order valence-corrected chi connectivity index (χ0v) is 10.9. The summed E-state index contributed by atoms with van der Waals surface area (Å²) in [7, 11) is -0.497. The SMILES string of the molecule is CC1(C)COB(OCc2cc(F)ccc2[N+]#N)CO1. The van der Waals surface area contributed by atoms with Crippen LogP contribution in [0.5, 0.6) is 0 Å². The fraction of sp³-hybridized carbons (Fsp3) is 0.500. The highest BCUT2D eigenvalue weighted by molar-refractivity contribution is 6.44. The third-order valence-corrected chi connectivity index (χ3v) is 2.80. The molecule has 0 saturated carbocycles. The van der Waals surface area contributed by atoms with Crippen molar-refractivity contribution in [1.82, 2.24) is 0 Å². The number of diazo groups is 1. The lowest BCUT2D eigenvalue weighted by atomic mass is 9.88. The molecule has 5 nitrogen and oxygen atoms in total. The van der Waals surface area contributed by atoms with Crippen LogP contribution in [0.25, 0.3) is 4.98 Å². The second kappa shape index (κ2) is 5.65. The maximum Gasteiger partial charge on any atom is 0.484 e. The molecule has 0 aromatic heterocycles. The molecule has 1 aliphatic heterocycles. The lowest BCUT2D eigenvalue weighted by Gasteiger charge is -2.32. The van der Waals surface area contributed by atoms with Gasteiger partial charge in [-0.25, -0.2) is 4.39 Å². The Bertz CT molecular complexity index is 494.